The van der Waals surface area contributed by atoms with E-state index in [-0.39, 0.29) is 29.7 Å². The maximum Gasteiger partial charge on any atom is 0.243 e. The minimum absolute atomic E-state index is 0.196. The molecule has 0 saturated heterocycles. The van der Waals surface area contributed by atoms with Crippen molar-refractivity contribution in [1.82, 2.24) is 4.31 Å². The largest absolute Gasteiger partial charge is 0.399 e. The summed E-state index contributed by atoms with van der Waals surface area (Å²) in [4.78, 5) is 0.196. The number of rotatable bonds is 6. The van der Waals surface area contributed by atoms with E-state index in [1.54, 1.807) is 12.1 Å². The first kappa shape index (κ1) is 14.6. The fourth-order valence-corrected chi connectivity index (χ4v) is 3.38. The number of nitrogens with zero attached hydrogens (tertiary/aromatic N) is 1. The highest BCUT2D eigenvalue weighted by Crippen LogP contribution is 2.17. The molecule has 1 aromatic carbocycles. The van der Waals surface area contributed by atoms with Crippen LogP contribution in [0.3, 0.4) is 0 Å². The van der Waals surface area contributed by atoms with Crippen LogP contribution in [0.2, 0.25) is 0 Å². The van der Waals surface area contributed by atoms with Crippen LogP contribution in [0.25, 0.3) is 0 Å². The highest BCUT2D eigenvalue weighted by Gasteiger charge is 2.23. The standard InChI is InChI=1S/C10H14Cl2N2O2S/c11-5-7-14(8-6-12)17(15,16)10-3-1-9(13)2-4-10/h1-4H,5-8,13H2. The number of halogens is 2. The first-order valence-electron chi connectivity index (χ1n) is 5.00. The van der Waals surface area contributed by atoms with Crippen molar-refractivity contribution in [2.75, 3.05) is 30.6 Å². The summed E-state index contributed by atoms with van der Waals surface area (Å²) < 4.78 is 25.6. The molecule has 17 heavy (non-hydrogen) atoms. The number of sulfonamides is 1. The van der Waals surface area contributed by atoms with Crippen molar-refractivity contribution < 1.29 is 8.42 Å². The van der Waals surface area contributed by atoms with Gasteiger partial charge in [-0.15, -0.1) is 23.2 Å². The lowest BCUT2D eigenvalue weighted by atomic mass is 10.3. The van der Waals surface area contributed by atoms with E-state index in [1.165, 1.54) is 16.4 Å². The van der Waals surface area contributed by atoms with Gasteiger partial charge in [-0.2, -0.15) is 4.31 Å². The molecule has 0 aromatic heterocycles. The summed E-state index contributed by atoms with van der Waals surface area (Å²) >= 11 is 11.2. The highest BCUT2D eigenvalue weighted by molar-refractivity contribution is 7.89. The molecule has 0 bridgehead atoms. The van der Waals surface area contributed by atoms with Crippen LogP contribution >= 0.6 is 23.2 Å². The molecular formula is C10H14Cl2N2O2S. The van der Waals surface area contributed by atoms with Crippen molar-refractivity contribution in [3.63, 3.8) is 0 Å². The van der Waals surface area contributed by atoms with Gasteiger partial charge in [0, 0.05) is 30.5 Å². The molecule has 0 amide bonds. The molecule has 0 aliphatic carbocycles. The molecule has 0 atom stereocenters. The molecule has 96 valence electrons. The fourth-order valence-electron chi connectivity index (χ4n) is 1.33. The van der Waals surface area contributed by atoms with Gasteiger partial charge >= 0.3 is 0 Å². The molecule has 1 rings (SSSR count). The number of nitrogens with two attached hydrogens (primary N) is 1. The van der Waals surface area contributed by atoms with Crippen LogP contribution < -0.4 is 5.73 Å². The molecular weight excluding hydrogens is 283 g/mol. The average Bonchev–Trinajstić information content (AvgIpc) is 2.29. The number of nitrogen functional groups attached to an aromatic ring is 1. The lowest BCUT2D eigenvalue weighted by Gasteiger charge is -2.20. The lowest BCUT2D eigenvalue weighted by molar-refractivity contribution is 0.448. The summed E-state index contributed by atoms with van der Waals surface area (Å²) in [6.07, 6.45) is 0. The van der Waals surface area contributed by atoms with E-state index in [0.29, 0.717) is 5.69 Å². The van der Waals surface area contributed by atoms with Gasteiger partial charge in [-0.3, -0.25) is 0 Å². The van der Waals surface area contributed by atoms with E-state index in [1.807, 2.05) is 0 Å². The Labute approximate surface area is 111 Å². The van der Waals surface area contributed by atoms with E-state index in [0.717, 1.165) is 0 Å². The number of benzene rings is 1. The predicted octanol–water partition coefficient (Wildman–Crippen LogP) is 1.74. The lowest BCUT2D eigenvalue weighted by Crippen LogP contribution is -2.34. The summed E-state index contributed by atoms with van der Waals surface area (Å²) in [6.45, 7) is 0.474. The normalized spacial score (nSPS) is 11.9. The van der Waals surface area contributed by atoms with Gasteiger partial charge in [-0.25, -0.2) is 8.42 Å². The summed E-state index contributed by atoms with van der Waals surface area (Å²) in [5.74, 6) is 0.455. The average molecular weight is 297 g/mol. The van der Waals surface area contributed by atoms with Crippen molar-refractivity contribution in [1.29, 1.82) is 0 Å². The van der Waals surface area contributed by atoms with Gasteiger partial charge in [0.15, 0.2) is 0 Å². The van der Waals surface area contributed by atoms with E-state index in [2.05, 4.69) is 0 Å². The monoisotopic (exact) mass is 296 g/mol. The van der Waals surface area contributed by atoms with Crippen LogP contribution in [-0.2, 0) is 10.0 Å². The van der Waals surface area contributed by atoms with Crippen LogP contribution in [0.15, 0.2) is 29.2 Å². The van der Waals surface area contributed by atoms with Crippen LogP contribution in [-0.4, -0.2) is 37.6 Å². The van der Waals surface area contributed by atoms with Crippen LogP contribution in [0, 0.1) is 0 Å². The van der Waals surface area contributed by atoms with Gasteiger partial charge in [0.25, 0.3) is 0 Å². The van der Waals surface area contributed by atoms with Crippen LogP contribution in [0.5, 0.6) is 0 Å². The quantitative estimate of drug-likeness (QED) is 0.642. The molecule has 0 aliphatic heterocycles. The van der Waals surface area contributed by atoms with Gasteiger partial charge in [0.1, 0.15) is 0 Å². The maximum absolute atomic E-state index is 12.2. The Bertz CT molecular complexity index is 442. The predicted molar refractivity (Wildman–Crippen MR) is 71.1 cm³/mol. The molecule has 1 aromatic rings. The summed E-state index contributed by atoms with van der Waals surface area (Å²) in [5.41, 5.74) is 6.03. The third-order valence-corrected chi connectivity index (χ3v) is 4.44. The van der Waals surface area contributed by atoms with Gasteiger partial charge in [-0.05, 0) is 24.3 Å². The zero-order valence-corrected chi connectivity index (χ0v) is 11.5. The van der Waals surface area contributed by atoms with E-state index in [4.69, 9.17) is 28.9 Å². The SMILES string of the molecule is Nc1ccc(S(=O)(=O)N(CCCl)CCCl)cc1. The van der Waals surface area contributed by atoms with Crippen LogP contribution in [0.4, 0.5) is 5.69 Å². The second-order valence-electron chi connectivity index (χ2n) is 3.35. The first-order valence-corrected chi connectivity index (χ1v) is 7.51. The third-order valence-electron chi connectivity index (χ3n) is 2.19. The summed E-state index contributed by atoms with van der Waals surface area (Å²) in [5, 5.41) is 0. The van der Waals surface area contributed by atoms with Gasteiger partial charge < -0.3 is 5.73 Å². The Morgan fingerprint density at radius 3 is 1.94 bits per heavy atom. The first-order chi connectivity index (χ1) is 8.02. The number of alkyl halides is 2. The van der Waals surface area contributed by atoms with E-state index >= 15 is 0 Å². The second-order valence-corrected chi connectivity index (χ2v) is 6.04. The molecule has 0 heterocycles. The zero-order chi connectivity index (χ0) is 12.9. The highest BCUT2D eigenvalue weighted by atomic mass is 35.5. The maximum atomic E-state index is 12.2. The van der Waals surface area contributed by atoms with Gasteiger partial charge in [0.05, 0.1) is 4.90 Å². The minimum atomic E-state index is -3.53. The Balaban J connectivity index is 3.02. The Kier molecular flexibility index (Phi) is 5.52. The molecule has 0 saturated carbocycles. The van der Waals surface area contributed by atoms with E-state index < -0.39 is 10.0 Å². The molecule has 0 radical (unpaired) electrons. The van der Waals surface area contributed by atoms with Crippen molar-refractivity contribution in [2.24, 2.45) is 0 Å². The number of anilines is 1. The van der Waals surface area contributed by atoms with Crippen LogP contribution in [0.1, 0.15) is 0 Å². The topological polar surface area (TPSA) is 63.4 Å². The molecule has 0 fully saturated rings. The number of hydrogen-bond acceptors (Lipinski definition) is 3. The summed E-state index contributed by atoms with van der Waals surface area (Å²) in [6, 6.07) is 6.04. The summed E-state index contributed by atoms with van der Waals surface area (Å²) in [7, 11) is -3.53. The fraction of sp³-hybridized carbons (Fsp3) is 0.400. The smallest absolute Gasteiger partial charge is 0.243 e. The van der Waals surface area contributed by atoms with Crippen molar-refractivity contribution in [3.8, 4) is 0 Å². The molecule has 0 aliphatic rings. The molecule has 0 spiro atoms. The van der Waals surface area contributed by atoms with Gasteiger partial charge in [0.2, 0.25) is 10.0 Å². The third kappa shape index (κ3) is 3.74. The Morgan fingerprint density at radius 1 is 1.06 bits per heavy atom. The van der Waals surface area contributed by atoms with Crippen molar-refractivity contribution in [2.45, 2.75) is 4.90 Å². The van der Waals surface area contributed by atoms with Crippen molar-refractivity contribution in [3.05, 3.63) is 24.3 Å². The van der Waals surface area contributed by atoms with Crippen molar-refractivity contribution >= 4 is 38.9 Å². The molecule has 2 N–H and O–H groups in total. The molecule has 7 heteroatoms. The second kappa shape index (κ2) is 6.44. The van der Waals surface area contributed by atoms with E-state index in [9.17, 15) is 8.42 Å². The zero-order valence-electron chi connectivity index (χ0n) is 9.14. The molecule has 0 unspecified atom stereocenters. The van der Waals surface area contributed by atoms with Gasteiger partial charge in [-0.1, -0.05) is 0 Å². The number of hydrogen-bond donors (Lipinski definition) is 1. The minimum Gasteiger partial charge on any atom is -0.399 e. The Morgan fingerprint density at radius 2 is 1.53 bits per heavy atom. The molecule has 4 nitrogen and oxygen atoms in total. The Hall–Kier alpha value is -0.490.